The predicted octanol–water partition coefficient (Wildman–Crippen LogP) is 5.73. The fourth-order valence-electron chi connectivity index (χ4n) is 4.83. The molecule has 0 atom stereocenters. The zero-order chi connectivity index (χ0) is 24.0. The molecule has 0 aliphatic heterocycles. The fourth-order valence-corrected chi connectivity index (χ4v) is 4.83. The van der Waals surface area contributed by atoms with Gasteiger partial charge in [0, 0.05) is 17.5 Å². The minimum Gasteiger partial charge on any atom is -0.507 e. The second-order valence-corrected chi connectivity index (χ2v) is 9.10. The lowest BCUT2D eigenvalue weighted by molar-refractivity contribution is -0.139. The van der Waals surface area contributed by atoms with Gasteiger partial charge >= 0.3 is 5.97 Å². The lowest BCUT2D eigenvalue weighted by Gasteiger charge is -2.26. The molecule has 6 heteroatoms. The number of hydrogen-bond acceptors (Lipinski definition) is 5. The maximum Gasteiger partial charge on any atom is 0.303 e. The van der Waals surface area contributed by atoms with Gasteiger partial charge in [0.05, 0.1) is 12.0 Å². The van der Waals surface area contributed by atoms with Crippen LogP contribution in [-0.2, 0) is 17.8 Å². The number of ketones is 2. The third-order valence-corrected chi connectivity index (χ3v) is 6.56. The molecule has 3 rings (SSSR count). The van der Waals surface area contributed by atoms with Crippen molar-refractivity contribution in [1.82, 2.24) is 0 Å². The molecule has 176 valence electrons. The molecule has 0 spiro atoms. The summed E-state index contributed by atoms with van der Waals surface area (Å²) in [6.07, 6.45) is 5.24. The van der Waals surface area contributed by atoms with Crippen molar-refractivity contribution in [2.75, 3.05) is 0 Å². The second-order valence-electron chi connectivity index (χ2n) is 9.10. The van der Waals surface area contributed by atoms with E-state index in [0.717, 1.165) is 43.2 Å². The third-order valence-electron chi connectivity index (χ3n) is 6.56. The molecule has 1 aliphatic carbocycles. The molecule has 0 unspecified atom stereocenters. The Bertz CT molecular complexity index is 1020. The van der Waals surface area contributed by atoms with Gasteiger partial charge in [-0.3, -0.25) is 14.4 Å². The van der Waals surface area contributed by atoms with Gasteiger partial charge in [-0.05, 0) is 67.5 Å². The molecule has 0 amide bonds. The van der Waals surface area contributed by atoms with Crippen molar-refractivity contribution >= 4 is 17.5 Å². The van der Waals surface area contributed by atoms with Crippen molar-refractivity contribution in [3.8, 4) is 11.5 Å². The molecule has 0 radical (unpaired) electrons. The minimum atomic E-state index is -0.849. The molecule has 2 N–H and O–H groups in total. The summed E-state index contributed by atoms with van der Waals surface area (Å²) in [4.78, 5) is 35.9. The molecular formula is C27H32O6. The van der Waals surface area contributed by atoms with Gasteiger partial charge in [-0.25, -0.2) is 0 Å². The van der Waals surface area contributed by atoms with Crippen LogP contribution in [0.4, 0.5) is 0 Å². The number of aliphatic carboxylic acids is 1. The molecule has 0 heterocycles. The number of phenolic OH excluding ortho intramolecular Hbond substituents is 1. The Morgan fingerprint density at radius 2 is 1.67 bits per heavy atom. The van der Waals surface area contributed by atoms with E-state index in [1.807, 2.05) is 13.0 Å². The zero-order valence-electron chi connectivity index (χ0n) is 19.4. The van der Waals surface area contributed by atoms with Gasteiger partial charge in [-0.2, -0.15) is 0 Å². The third kappa shape index (κ3) is 6.01. The summed E-state index contributed by atoms with van der Waals surface area (Å²) in [5, 5.41) is 19.8. The summed E-state index contributed by atoms with van der Waals surface area (Å²) >= 11 is 0. The number of phenols is 1. The smallest absolute Gasteiger partial charge is 0.303 e. The van der Waals surface area contributed by atoms with Crippen LogP contribution in [0, 0.1) is 5.41 Å². The van der Waals surface area contributed by atoms with Crippen LogP contribution >= 0.6 is 0 Å². The van der Waals surface area contributed by atoms with E-state index in [1.165, 1.54) is 6.92 Å². The molecule has 0 saturated heterocycles. The van der Waals surface area contributed by atoms with Gasteiger partial charge in [-0.15, -0.1) is 0 Å². The van der Waals surface area contributed by atoms with Gasteiger partial charge < -0.3 is 14.9 Å². The van der Waals surface area contributed by atoms with Crippen molar-refractivity contribution in [3.63, 3.8) is 0 Å². The minimum absolute atomic E-state index is 0.0218. The summed E-state index contributed by atoms with van der Waals surface area (Å²) < 4.78 is 5.89. The Kier molecular flexibility index (Phi) is 7.90. The molecule has 33 heavy (non-hydrogen) atoms. The quantitative estimate of drug-likeness (QED) is 0.422. The van der Waals surface area contributed by atoms with E-state index >= 15 is 0 Å². The second kappa shape index (κ2) is 10.6. The van der Waals surface area contributed by atoms with Gasteiger partial charge in [-0.1, -0.05) is 32.3 Å². The monoisotopic (exact) mass is 452 g/mol. The van der Waals surface area contributed by atoms with Crippen molar-refractivity contribution in [3.05, 3.63) is 58.7 Å². The van der Waals surface area contributed by atoms with Crippen LogP contribution in [0.3, 0.4) is 0 Å². The number of carboxylic acids is 1. The van der Waals surface area contributed by atoms with Crippen LogP contribution in [0.15, 0.2) is 36.4 Å². The number of rotatable bonds is 11. The predicted molar refractivity (Wildman–Crippen MR) is 125 cm³/mol. The van der Waals surface area contributed by atoms with E-state index in [0.29, 0.717) is 23.3 Å². The maximum atomic E-state index is 12.8. The molecule has 0 bridgehead atoms. The SMILES string of the molecule is CCCc1c(COc2ccc(C(=O)CC3(CC(=O)O)CCCC3)cc2)ccc(C(C)=O)c1O. The molecule has 6 nitrogen and oxygen atoms in total. The number of carbonyl (C=O) groups is 3. The molecule has 1 aliphatic rings. The van der Waals surface area contributed by atoms with Gasteiger partial charge in [0.2, 0.25) is 0 Å². The summed E-state index contributed by atoms with van der Waals surface area (Å²) in [5.41, 5.74) is 1.97. The average Bonchev–Trinajstić information content (AvgIpc) is 3.21. The Morgan fingerprint density at radius 3 is 2.24 bits per heavy atom. The van der Waals surface area contributed by atoms with Crippen LogP contribution in [0.1, 0.15) is 90.6 Å². The van der Waals surface area contributed by atoms with Gasteiger partial charge in [0.15, 0.2) is 11.6 Å². The van der Waals surface area contributed by atoms with Crippen LogP contribution in [0.2, 0.25) is 0 Å². The first-order valence-corrected chi connectivity index (χ1v) is 11.6. The highest BCUT2D eigenvalue weighted by atomic mass is 16.5. The van der Waals surface area contributed by atoms with E-state index in [9.17, 15) is 24.6 Å². The Morgan fingerprint density at radius 1 is 1.00 bits per heavy atom. The first-order chi connectivity index (χ1) is 15.7. The molecule has 2 aromatic carbocycles. The Balaban J connectivity index is 1.68. The normalized spacial score (nSPS) is 14.7. The number of carboxylic acid groups (broad SMARTS) is 1. The summed E-state index contributed by atoms with van der Waals surface area (Å²) in [5.74, 6) is -0.461. The first-order valence-electron chi connectivity index (χ1n) is 11.6. The lowest BCUT2D eigenvalue weighted by atomic mass is 9.77. The molecular weight excluding hydrogens is 420 g/mol. The van der Waals surface area contributed by atoms with E-state index in [-0.39, 0.29) is 36.8 Å². The van der Waals surface area contributed by atoms with Crippen molar-refractivity contribution in [1.29, 1.82) is 0 Å². The lowest BCUT2D eigenvalue weighted by Crippen LogP contribution is -2.24. The molecule has 1 fully saturated rings. The number of ether oxygens (including phenoxy) is 1. The highest BCUT2D eigenvalue weighted by Gasteiger charge is 2.38. The van der Waals surface area contributed by atoms with Gasteiger partial charge in [0.1, 0.15) is 18.1 Å². The zero-order valence-corrected chi connectivity index (χ0v) is 19.4. The largest absolute Gasteiger partial charge is 0.507 e. The van der Waals surface area contributed by atoms with Crippen LogP contribution in [-0.4, -0.2) is 27.7 Å². The van der Waals surface area contributed by atoms with Crippen molar-refractivity contribution in [2.45, 2.75) is 71.8 Å². The summed E-state index contributed by atoms with van der Waals surface area (Å²) in [6, 6.07) is 10.3. The Hall–Kier alpha value is -3.15. The number of Topliss-reactive ketones (excluding diaryl/α,β-unsaturated/α-hetero) is 2. The van der Waals surface area contributed by atoms with Gasteiger partial charge in [0.25, 0.3) is 0 Å². The van der Waals surface area contributed by atoms with Crippen molar-refractivity contribution < 1.29 is 29.3 Å². The molecule has 0 aromatic heterocycles. The summed E-state index contributed by atoms with van der Waals surface area (Å²) in [6.45, 7) is 3.67. The Labute approximate surface area is 194 Å². The highest BCUT2D eigenvalue weighted by molar-refractivity contribution is 5.97. The van der Waals surface area contributed by atoms with E-state index < -0.39 is 11.4 Å². The standard InChI is InChI=1S/C27H32O6/c1-3-6-23-20(9-12-22(18(2)28)26(23)32)17-33-21-10-7-19(8-11-21)24(29)15-27(16-25(30)31)13-4-5-14-27/h7-12,32H,3-6,13-17H2,1-2H3,(H,30,31). The number of hydrogen-bond donors (Lipinski definition) is 2. The summed E-state index contributed by atoms with van der Waals surface area (Å²) in [7, 11) is 0. The maximum absolute atomic E-state index is 12.8. The topological polar surface area (TPSA) is 101 Å². The van der Waals surface area contributed by atoms with E-state index in [2.05, 4.69) is 0 Å². The molecule has 1 saturated carbocycles. The number of aromatic hydroxyl groups is 1. The van der Waals surface area contributed by atoms with E-state index in [4.69, 9.17) is 4.74 Å². The van der Waals surface area contributed by atoms with E-state index in [1.54, 1.807) is 30.3 Å². The number of benzene rings is 2. The van der Waals surface area contributed by atoms with Crippen LogP contribution in [0.5, 0.6) is 11.5 Å². The van der Waals surface area contributed by atoms with Crippen LogP contribution < -0.4 is 4.74 Å². The van der Waals surface area contributed by atoms with Crippen LogP contribution in [0.25, 0.3) is 0 Å². The average molecular weight is 453 g/mol. The van der Waals surface area contributed by atoms with Crippen molar-refractivity contribution in [2.24, 2.45) is 5.41 Å². The first kappa shape index (κ1) is 24.5. The number of carbonyl (C=O) groups excluding carboxylic acids is 2. The fraction of sp³-hybridized carbons (Fsp3) is 0.444. The molecule has 2 aromatic rings. The highest BCUT2D eigenvalue weighted by Crippen LogP contribution is 2.44.